The Bertz CT molecular complexity index is 490. The fourth-order valence-corrected chi connectivity index (χ4v) is 1.82. The predicted molar refractivity (Wildman–Crippen MR) is 62.1 cm³/mol. The lowest BCUT2D eigenvalue weighted by atomic mass is 10.2. The quantitative estimate of drug-likeness (QED) is 0.853. The molecular weight excluding hydrogens is 206 g/mol. The van der Waals surface area contributed by atoms with Gasteiger partial charge in [-0.3, -0.25) is 0 Å². The fourth-order valence-electron chi connectivity index (χ4n) is 1.82. The van der Waals surface area contributed by atoms with Gasteiger partial charge in [0.05, 0.1) is 26.3 Å². The second kappa shape index (κ2) is 4.45. The van der Waals surface area contributed by atoms with Crippen molar-refractivity contribution in [2.75, 3.05) is 20.8 Å². The summed E-state index contributed by atoms with van der Waals surface area (Å²) >= 11 is 0. The molecule has 4 nitrogen and oxygen atoms in total. The van der Waals surface area contributed by atoms with E-state index in [0.29, 0.717) is 12.3 Å². The Morgan fingerprint density at radius 2 is 1.88 bits per heavy atom. The summed E-state index contributed by atoms with van der Waals surface area (Å²) in [6, 6.07) is 5.85. The van der Waals surface area contributed by atoms with Gasteiger partial charge in [0.15, 0.2) is 11.5 Å². The van der Waals surface area contributed by atoms with Gasteiger partial charge in [-0.25, -0.2) is 0 Å². The Hall–Kier alpha value is -1.68. The van der Waals surface area contributed by atoms with Crippen LogP contribution < -0.4 is 9.47 Å². The highest BCUT2D eigenvalue weighted by atomic mass is 16.5. The highest BCUT2D eigenvalue weighted by Crippen LogP contribution is 2.32. The van der Waals surface area contributed by atoms with Crippen molar-refractivity contribution in [2.24, 2.45) is 0 Å². The van der Waals surface area contributed by atoms with E-state index in [9.17, 15) is 0 Å². The number of hydrogen-bond donors (Lipinski definition) is 1. The van der Waals surface area contributed by atoms with Gasteiger partial charge in [-0.05, 0) is 12.1 Å². The molecule has 1 heterocycles. The Morgan fingerprint density at radius 1 is 1.19 bits per heavy atom. The topological polar surface area (TPSA) is 43.6 Å². The summed E-state index contributed by atoms with van der Waals surface area (Å²) < 4.78 is 12.5. The number of rotatable bonds is 4. The maximum absolute atomic E-state index is 8.95. The molecule has 1 aromatic carbocycles. The zero-order valence-corrected chi connectivity index (χ0v) is 9.43. The largest absolute Gasteiger partial charge is 0.493 e. The molecule has 0 saturated heterocycles. The molecular formula is C12H15NO3. The lowest BCUT2D eigenvalue weighted by molar-refractivity contribution is 0.278. The number of aromatic nitrogens is 1. The first-order chi connectivity index (χ1) is 7.80. The Kier molecular flexibility index (Phi) is 3.01. The van der Waals surface area contributed by atoms with E-state index < -0.39 is 0 Å². The van der Waals surface area contributed by atoms with Crippen LogP contribution in [0.25, 0.3) is 10.9 Å². The number of aliphatic hydroxyl groups excluding tert-OH is 1. The summed E-state index contributed by atoms with van der Waals surface area (Å²) in [6.07, 6.45) is 1.94. The number of benzene rings is 1. The predicted octanol–water partition coefficient (Wildman–Crippen LogP) is 1.65. The lowest BCUT2D eigenvalue weighted by Gasteiger charge is -2.09. The summed E-state index contributed by atoms with van der Waals surface area (Å²) in [5, 5.41) is 10.0. The van der Waals surface area contributed by atoms with Crippen molar-refractivity contribution in [3.8, 4) is 11.5 Å². The Balaban J connectivity index is 2.57. The Morgan fingerprint density at radius 3 is 2.50 bits per heavy atom. The highest BCUT2D eigenvalue weighted by Gasteiger charge is 2.08. The second-order valence-electron chi connectivity index (χ2n) is 3.50. The molecule has 0 radical (unpaired) electrons. The third-order valence-electron chi connectivity index (χ3n) is 2.62. The number of methoxy groups -OCH3 is 2. The van der Waals surface area contributed by atoms with E-state index in [1.807, 2.05) is 29.0 Å². The normalized spacial score (nSPS) is 10.7. The summed E-state index contributed by atoms with van der Waals surface area (Å²) in [6.45, 7) is 0.705. The number of nitrogens with zero attached hydrogens (tertiary/aromatic N) is 1. The zero-order valence-electron chi connectivity index (χ0n) is 9.43. The average Bonchev–Trinajstić information content (AvgIpc) is 2.70. The molecule has 1 N–H and O–H groups in total. The van der Waals surface area contributed by atoms with E-state index >= 15 is 0 Å². The maximum atomic E-state index is 8.95. The zero-order chi connectivity index (χ0) is 11.5. The van der Waals surface area contributed by atoms with Crippen molar-refractivity contribution >= 4 is 10.9 Å². The van der Waals surface area contributed by atoms with Crippen LogP contribution in [0.1, 0.15) is 0 Å². The van der Waals surface area contributed by atoms with Crippen LogP contribution in [0.2, 0.25) is 0 Å². The smallest absolute Gasteiger partial charge is 0.162 e. The van der Waals surface area contributed by atoms with Crippen molar-refractivity contribution in [1.29, 1.82) is 0 Å². The van der Waals surface area contributed by atoms with Crippen LogP contribution in [0.5, 0.6) is 11.5 Å². The standard InChI is InChI=1S/C12H15NO3/c1-15-11-7-9-3-4-13(5-6-14)10(9)8-12(11)16-2/h3-4,7-8,14H,5-6H2,1-2H3. The van der Waals surface area contributed by atoms with Crippen LogP contribution >= 0.6 is 0 Å². The molecule has 0 atom stereocenters. The van der Waals surface area contributed by atoms with Crippen molar-refractivity contribution in [3.63, 3.8) is 0 Å². The summed E-state index contributed by atoms with van der Waals surface area (Å²) in [5.41, 5.74) is 1.03. The Labute approximate surface area is 94.0 Å². The molecule has 16 heavy (non-hydrogen) atoms. The van der Waals surface area contributed by atoms with Crippen LogP contribution in [0.15, 0.2) is 24.4 Å². The highest BCUT2D eigenvalue weighted by molar-refractivity contribution is 5.84. The van der Waals surface area contributed by atoms with Gasteiger partial charge in [-0.2, -0.15) is 0 Å². The minimum atomic E-state index is 0.123. The summed E-state index contributed by atoms with van der Waals surface area (Å²) in [4.78, 5) is 0. The number of fused-ring (bicyclic) bond motifs is 1. The molecule has 0 fully saturated rings. The van der Waals surface area contributed by atoms with E-state index in [4.69, 9.17) is 14.6 Å². The first-order valence-corrected chi connectivity index (χ1v) is 5.12. The molecule has 0 bridgehead atoms. The third-order valence-corrected chi connectivity index (χ3v) is 2.62. The van der Waals surface area contributed by atoms with Gasteiger partial charge in [0.2, 0.25) is 0 Å². The molecule has 86 valence electrons. The SMILES string of the molecule is COc1cc2ccn(CCO)c2cc1OC. The van der Waals surface area contributed by atoms with E-state index in [-0.39, 0.29) is 6.61 Å². The van der Waals surface area contributed by atoms with Crippen LogP contribution in [-0.4, -0.2) is 30.5 Å². The number of hydrogen-bond acceptors (Lipinski definition) is 3. The van der Waals surface area contributed by atoms with Crippen molar-refractivity contribution in [1.82, 2.24) is 4.57 Å². The fraction of sp³-hybridized carbons (Fsp3) is 0.333. The average molecular weight is 221 g/mol. The molecule has 0 aliphatic rings. The molecule has 0 spiro atoms. The third kappa shape index (κ3) is 1.72. The van der Waals surface area contributed by atoms with Gasteiger partial charge in [0, 0.05) is 24.2 Å². The van der Waals surface area contributed by atoms with Gasteiger partial charge in [-0.15, -0.1) is 0 Å². The lowest BCUT2D eigenvalue weighted by Crippen LogP contribution is -2.00. The van der Waals surface area contributed by atoms with E-state index in [2.05, 4.69) is 0 Å². The van der Waals surface area contributed by atoms with Gasteiger partial charge < -0.3 is 19.1 Å². The first-order valence-electron chi connectivity index (χ1n) is 5.12. The van der Waals surface area contributed by atoms with E-state index in [0.717, 1.165) is 16.7 Å². The van der Waals surface area contributed by atoms with Crippen molar-refractivity contribution in [2.45, 2.75) is 6.54 Å². The van der Waals surface area contributed by atoms with Gasteiger partial charge in [-0.1, -0.05) is 0 Å². The monoisotopic (exact) mass is 221 g/mol. The van der Waals surface area contributed by atoms with Crippen molar-refractivity contribution < 1.29 is 14.6 Å². The molecule has 2 aromatic rings. The van der Waals surface area contributed by atoms with Crippen molar-refractivity contribution in [3.05, 3.63) is 24.4 Å². The number of ether oxygens (including phenoxy) is 2. The van der Waals surface area contributed by atoms with Gasteiger partial charge >= 0.3 is 0 Å². The van der Waals surface area contributed by atoms with E-state index in [1.54, 1.807) is 14.2 Å². The van der Waals surface area contributed by atoms with E-state index in [1.165, 1.54) is 0 Å². The molecule has 0 amide bonds. The van der Waals surface area contributed by atoms with Gasteiger partial charge in [0.1, 0.15) is 0 Å². The maximum Gasteiger partial charge on any atom is 0.162 e. The van der Waals surface area contributed by atoms with Gasteiger partial charge in [0.25, 0.3) is 0 Å². The molecule has 0 aliphatic carbocycles. The number of aliphatic hydroxyl groups is 1. The summed E-state index contributed by atoms with van der Waals surface area (Å²) in [5.74, 6) is 1.42. The molecule has 1 aromatic heterocycles. The second-order valence-corrected chi connectivity index (χ2v) is 3.50. The molecule has 0 aliphatic heterocycles. The molecule has 0 unspecified atom stereocenters. The van der Waals surface area contributed by atoms with Crippen LogP contribution in [0, 0.1) is 0 Å². The summed E-state index contributed by atoms with van der Waals surface area (Å²) in [7, 11) is 3.23. The minimum absolute atomic E-state index is 0.123. The van der Waals surface area contributed by atoms with Crippen LogP contribution in [0.3, 0.4) is 0 Å². The van der Waals surface area contributed by atoms with Crippen LogP contribution in [-0.2, 0) is 6.54 Å². The minimum Gasteiger partial charge on any atom is -0.493 e. The first kappa shape index (κ1) is 10.8. The van der Waals surface area contributed by atoms with Crippen LogP contribution in [0.4, 0.5) is 0 Å². The molecule has 0 saturated carbocycles. The molecule has 4 heteroatoms. The molecule has 2 rings (SSSR count).